The molecule has 0 saturated heterocycles. The van der Waals surface area contributed by atoms with Gasteiger partial charge < -0.3 is 0 Å². The van der Waals surface area contributed by atoms with Crippen LogP contribution in [-0.4, -0.2) is 16.8 Å². The van der Waals surface area contributed by atoms with Gasteiger partial charge in [-0.2, -0.15) is 0 Å². The molecule has 3 rings (SSSR count). The third kappa shape index (κ3) is 4.36. The molecular weight excluding hydrogens is 416 g/mol. The van der Waals surface area contributed by atoms with Crippen LogP contribution < -0.4 is 9.44 Å². The van der Waals surface area contributed by atoms with E-state index in [1.807, 2.05) is 0 Å². The maximum atomic E-state index is 12.4. The van der Waals surface area contributed by atoms with E-state index in [-0.39, 0.29) is 14.8 Å². The zero-order valence-corrected chi connectivity index (χ0v) is 16.3. The first-order valence-electron chi connectivity index (χ1n) is 7.21. The number of hydrogen-bond acceptors (Lipinski definition) is 5. The summed E-state index contributed by atoms with van der Waals surface area (Å²) in [5.74, 6) is 0. The Morgan fingerprint density at radius 2 is 1.46 bits per heavy atom. The first-order valence-corrected chi connectivity index (χ1v) is 11.4. The minimum atomic E-state index is -3.82. The summed E-state index contributed by atoms with van der Waals surface area (Å²) in [6.45, 7) is 0. The van der Waals surface area contributed by atoms with Gasteiger partial charge in [-0.25, -0.2) is 16.8 Å². The van der Waals surface area contributed by atoms with Crippen LogP contribution in [0.15, 0.2) is 75.1 Å². The minimum Gasteiger partial charge on any atom is -0.280 e. The van der Waals surface area contributed by atoms with Crippen LogP contribution in [0.1, 0.15) is 0 Å². The first-order chi connectivity index (χ1) is 12.3. The SMILES string of the molecule is O=S(=O)(Nc1cccc(Cl)c1)c1ccc(NS(=O)(=O)c2cccs2)cc1. The van der Waals surface area contributed by atoms with Crippen molar-refractivity contribution in [3.8, 4) is 0 Å². The highest BCUT2D eigenvalue weighted by Gasteiger charge is 2.17. The Balaban J connectivity index is 1.78. The molecule has 0 radical (unpaired) electrons. The minimum absolute atomic E-state index is 0.00320. The van der Waals surface area contributed by atoms with E-state index in [0.29, 0.717) is 10.7 Å². The van der Waals surface area contributed by atoms with Crippen molar-refractivity contribution in [1.82, 2.24) is 0 Å². The molecule has 0 spiro atoms. The summed E-state index contributed by atoms with van der Waals surface area (Å²) in [5, 5.41) is 2.06. The molecule has 0 bridgehead atoms. The summed E-state index contributed by atoms with van der Waals surface area (Å²) in [4.78, 5) is -0.00320. The summed E-state index contributed by atoms with van der Waals surface area (Å²) in [5.41, 5.74) is 0.597. The van der Waals surface area contributed by atoms with Gasteiger partial charge in [-0.3, -0.25) is 9.44 Å². The van der Waals surface area contributed by atoms with Crippen molar-refractivity contribution in [2.75, 3.05) is 9.44 Å². The van der Waals surface area contributed by atoms with Crippen LogP contribution in [0.3, 0.4) is 0 Å². The average molecular weight is 429 g/mol. The van der Waals surface area contributed by atoms with Crippen LogP contribution in [-0.2, 0) is 20.0 Å². The normalized spacial score (nSPS) is 11.9. The molecule has 3 aromatic rings. The Morgan fingerprint density at radius 3 is 2.08 bits per heavy atom. The molecule has 0 atom stereocenters. The van der Waals surface area contributed by atoms with Crippen LogP contribution >= 0.6 is 22.9 Å². The van der Waals surface area contributed by atoms with Gasteiger partial charge in [0.1, 0.15) is 4.21 Å². The summed E-state index contributed by atoms with van der Waals surface area (Å²) >= 11 is 6.94. The van der Waals surface area contributed by atoms with Gasteiger partial charge in [0.05, 0.1) is 10.6 Å². The number of anilines is 2. The molecule has 1 heterocycles. The van der Waals surface area contributed by atoms with Gasteiger partial charge in [0.15, 0.2) is 0 Å². The van der Waals surface area contributed by atoms with Gasteiger partial charge in [0.2, 0.25) is 0 Å². The molecule has 0 amide bonds. The standard InChI is InChI=1S/C16H13ClN2O4S3/c17-12-3-1-4-14(11-12)19-25(20,21)15-8-6-13(7-9-15)18-26(22,23)16-5-2-10-24-16/h1-11,18-19H. The van der Waals surface area contributed by atoms with Gasteiger partial charge >= 0.3 is 0 Å². The van der Waals surface area contributed by atoms with Crippen LogP contribution in [0.4, 0.5) is 11.4 Å². The van der Waals surface area contributed by atoms with Gasteiger partial charge in [0, 0.05) is 10.7 Å². The Bertz CT molecular complexity index is 1110. The topological polar surface area (TPSA) is 92.3 Å². The van der Waals surface area contributed by atoms with E-state index >= 15 is 0 Å². The molecule has 0 aliphatic rings. The molecule has 0 saturated carbocycles. The van der Waals surface area contributed by atoms with Crippen molar-refractivity contribution in [3.05, 3.63) is 71.1 Å². The van der Waals surface area contributed by atoms with Crippen molar-refractivity contribution in [1.29, 1.82) is 0 Å². The molecule has 26 heavy (non-hydrogen) atoms. The lowest BCUT2D eigenvalue weighted by Crippen LogP contribution is -2.14. The third-order valence-corrected chi connectivity index (χ3v) is 7.66. The Morgan fingerprint density at radius 1 is 0.769 bits per heavy atom. The maximum absolute atomic E-state index is 12.4. The monoisotopic (exact) mass is 428 g/mol. The molecule has 1 aromatic heterocycles. The van der Waals surface area contributed by atoms with Gasteiger partial charge in [-0.1, -0.05) is 23.7 Å². The summed E-state index contributed by atoms with van der Waals surface area (Å²) in [7, 11) is -7.50. The van der Waals surface area contributed by atoms with Crippen LogP contribution in [0.5, 0.6) is 0 Å². The number of sulfonamides is 2. The smallest absolute Gasteiger partial charge is 0.271 e. The molecular formula is C16H13ClN2O4S3. The zero-order valence-electron chi connectivity index (χ0n) is 13.1. The van der Waals surface area contributed by atoms with Crippen molar-refractivity contribution in [2.24, 2.45) is 0 Å². The van der Waals surface area contributed by atoms with E-state index < -0.39 is 20.0 Å². The predicted octanol–water partition coefficient (Wildman–Crippen LogP) is 4.00. The van der Waals surface area contributed by atoms with Gasteiger partial charge in [-0.15, -0.1) is 11.3 Å². The molecule has 0 aliphatic carbocycles. The molecule has 0 aliphatic heterocycles. The lowest BCUT2D eigenvalue weighted by atomic mass is 10.3. The lowest BCUT2D eigenvalue weighted by Gasteiger charge is -2.10. The molecule has 2 aromatic carbocycles. The fraction of sp³-hybridized carbons (Fsp3) is 0. The van der Waals surface area contributed by atoms with Gasteiger partial charge in [-0.05, 0) is 53.9 Å². The van der Waals surface area contributed by atoms with Crippen LogP contribution in [0, 0.1) is 0 Å². The second kappa shape index (κ2) is 7.28. The number of nitrogens with one attached hydrogen (secondary N) is 2. The van der Waals surface area contributed by atoms with E-state index in [1.165, 1.54) is 36.4 Å². The largest absolute Gasteiger partial charge is 0.280 e. The lowest BCUT2D eigenvalue weighted by molar-refractivity contribution is 0.600. The van der Waals surface area contributed by atoms with E-state index in [2.05, 4.69) is 9.44 Å². The second-order valence-corrected chi connectivity index (χ2v) is 10.2. The summed E-state index contributed by atoms with van der Waals surface area (Å²) in [6.07, 6.45) is 0. The van der Waals surface area contributed by atoms with Crippen molar-refractivity contribution in [3.63, 3.8) is 0 Å². The highest BCUT2D eigenvalue weighted by Crippen LogP contribution is 2.23. The fourth-order valence-corrected chi connectivity index (χ4v) is 5.38. The molecule has 10 heteroatoms. The third-order valence-electron chi connectivity index (χ3n) is 3.25. The summed E-state index contributed by atoms with van der Waals surface area (Å²) < 4.78 is 54.2. The second-order valence-electron chi connectivity index (χ2n) is 5.18. The number of rotatable bonds is 6. The fourth-order valence-electron chi connectivity index (χ4n) is 2.09. The predicted molar refractivity (Wildman–Crippen MR) is 104 cm³/mol. The van der Waals surface area contributed by atoms with E-state index in [0.717, 1.165) is 11.3 Å². The molecule has 0 unspecified atom stereocenters. The Labute approximate surface area is 160 Å². The molecule has 136 valence electrons. The van der Waals surface area contributed by atoms with Crippen LogP contribution in [0.2, 0.25) is 5.02 Å². The molecule has 2 N–H and O–H groups in total. The number of benzene rings is 2. The number of halogens is 1. The highest BCUT2D eigenvalue weighted by molar-refractivity contribution is 7.94. The van der Waals surface area contributed by atoms with E-state index in [4.69, 9.17) is 11.6 Å². The van der Waals surface area contributed by atoms with Crippen molar-refractivity contribution < 1.29 is 16.8 Å². The average Bonchev–Trinajstić information content (AvgIpc) is 3.10. The van der Waals surface area contributed by atoms with Crippen molar-refractivity contribution >= 4 is 54.4 Å². The Hall–Kier alpha value is -2.07. The van der Waals surface area contributed by atoms with E-state index in [9.17, 15) is 16.8 Å². The highest BCUT2D eigenvalue weighted by atomic mass is 35.5. The quantitative estimate of drug-likeness (QED) is 0.620. The van der Waals surface area contributed by atoms with Crippen molar-refractivity contribution in [2.45, 2.75) is 9.10 Å². The number of hydrogen-bond donors (Lipinski definition) is 2. The number of thiophene rings is 1. The summed E-state index contributed by atoms with van der Waals surface area (Å²) in [6, 6.07) is 14.9. The zero-order chi connectivity index (χ0) is 18.8. The first kappa shape index (κ1) is 18.7. The molecule has 6 nitrogen and oxygen atoms in total. The Kier molecular flexibility index (Phi) is 5.24. The maximum Gasteiger partial charge on any atom is 0.271 e. The van der Waals surface area contributed by atoms with Gasteiger partial charge in [0.25, 0.3) is 20.0 Å². The van der Waals surface area contributed by atoms with Crippen LogP contribution in [0.25, 0.3) is 0 Å². The molecule has 0 fully saturated rings. The van der Waals surface area contributed by atoms with E-state index in [1.54, 1.807) is 29.6 Å².